The third-order valence-corrected chi connectivity index (χ3v) is 3.19. The summed E-state index contributed by atoms with van der Waals surface area (Å²) in [7, 11) is 0. The minimum absolute atomic E-state index is 0. The Kier molecular flexibility index (Phi) is 17.1. The molecule has 0 bridgehead atoms. The Balaban J connectivity index is 0. The van der Waals surface area contributed by atoms with Crippen LogP contribution < -0.4 is 0 Å². The van der Waals surface area contributed by atoms with Crippen molar-refractivity contribution in [3.05, 3.63) is 0 Å². The van der Waals surface area contributed by atoms with Crippen LogP contribution in [0, 0.1) is 0 Å². The Hall–Kier alpha value is 2.49. The zero-order valence-corrected chi connectivity index (χ0v) is 16.6. The van der Waals surface area contributed by atoms with Crippen molar-refractivity contribution in [2.75, 3.05) is 6.61 Å². The van der Waals surface area contributed by atoms with Gasteiger partial charge in [0.2, 0.25) is 5.69 Å². The molecule has 0 aliphatic heterocycles. The second-order valence-electron chi connectivity index (χ2n) is 3.45. The standard InChI is InChI=1S/C9H21O2PS2.Ba/c1-2-3-4-5-6-7-8-9-11-12(10,13)14;/h2-9H2,1H3,(H2,10,13,14);. The summed E-state index contributed by atoms with van der Waals surface area (Å²) >= 11 is 8.41. The summed E-state index contributed by atoms with van der Waals surface area (Å²) in [5.41, 5.74) is -2.70. The van der Waals surface area contributed by atoms with Crippen LogP contribution in [0.5, 0.6) is 0 Å². The Morgan fingerprint density at radius 1 is 1.13 bits per heavy atom. The predicted octanol–water partition coefficient (Wildman–Crippen LogP) is 3.52. The molecule has 0 spiro atoms. The first kappa shape index (κ1) is 19.8. The first-order valence-electron chi connectivity index (χ1n) is 5.26. The summed E-state index contributed by atoms with van der Waals surface area (Å²) in [5.74, 6) is 0. The monoisotopic (exact) mass is 394 g/mol. The Bertz CT molecular complexity index is 175. The van der Waals surface area contributed by atoms with Gasteiger partial charge in [0.05, 0.1) is 6.61 Å². The van der Waals surface area contributed by atoms with E-state index in [0.29, 0.717) is 6.61 Å². The van der Waals surface area contributed by atoms with Crippen LogP contribution in [0.2, 0.25) is 0 Å². The van der Waals surface area contributed by atoms with Crippen LogP contribution in [0.25, 0.3) is 0 Å². The number of unbranched alkanes of at least 4 members (excludes halogenated alkanes) is 6. The van der Waals surface area contributed by atoms with Crippen LogP contribution in [0.15, 0.2) is 0 Å². The summed E-state index contributed by atoms with van der Waals surface area (Å²) in [5, 5.41) is 0. The van der Waals surface area contributed by atoms with Crippen LogP contribution in [0.4, 0.5) is 0 Å². The van der Waals surface area contributed by atoms with Gasteiger partial charge in [-0.3, -0.25) is 0 Å². The fraction of sp³-hybridized carbons (Fsp3) is 1.00. The van der Waals surface area contributed by atoms with Gasteiger partial charge in [-0.05, 0) is 18.2 Å². The molecule has 6 heteroatoms. The summed E-state index contributed by atoms with van der Waals surface area (Å²) in [6.07, 6.45) is 8.66. The molecule has 15 heavy (non-hydrogen) atoms. The van der Waals surface area contributed by atoms with Gasteiger partial charge in [-0.25, -0.2) is 0 Å². The van der Waals surface area contributed by atoms with E-state index < -0.39 is 5.69 Å². The molecular formula is C9H21BaO2PS2. The molecule has 0 fully saturated rings. The minimum Gasteiger partial charge on any atom is -0.338 e. The molecule has 0 aliphatic carbocycles. The van der Waals surface area contributed by atoms with Crippen molar-refractivity contribution in [3.63, 3.8) is 0 Å². The van der Waals surface area contributed by atoms with E-state index in [-0.39, 0.29) is 48.9 Å². The van der Waals surface area contributed by atoms with E-state index in [1.54, 1.807) is 0 Å². The van der Waals surface area contributed by atoms with Crippen LogP contribution in [-0.2, 0) is 16.3 Å². The van der Waals surface area contributed by atoms with E-state index in [4.69, 9.17) is 9.42 Å². The Morgan fingerprint density at radius 3 is 2.07 bits per heavy atom. The zero-order chi connectivity index (χ0) is 10.9. The van der Waals surface area contributed by atoms with E-state index in [9.17, 15) is 0 Å². The summed E-state index contributed by atoms with van der Waals surface area (Å²) in [6, 6.07) is 0. The molecular weight excluding hydrogens is 373 g/mol. The molecule has 0 aromatic carbocycles. The Morgan fingerprint density at radius 2 is 1.60 bits per heavy atom. The van der Waals surface area contributed by atoms with Crippen molar-refractivity contribution in [1.82, 2.24) is 0 Å². The number of thiol groups is 1. The van der Waals surface area contributed by atoms with Gasteiger partial charge in [-0.2, -0.15) is 0 Å². The first-order valence-corrected chi connectivity index (χ1v) is 9.09. The SMILES string of the molecule is CCCCCCCCCOP(O)(=S)S.[Ba]. The van der Waals surface area contributed by atoms with Gasteiger partial charge in [-0.1, -0.05) is 57.7 Å². The first-order chi connectivity index (χ1) is 6.56. The second kappa shape index (κ2) is 12.9. The minimum atomic E-state index is -2.70. The molecule has 1 atom stereocenters. The van der Waals surface area contributed by atoms with Crippen LogP contribution in [-0.4, -0.2) is 60.4 Å². The topological polar surface area (TPSA) is 29.5 Å². The molecule has 2 nitrogen and oxygen atoms in total. The van der Waals surface area contributed by atoms with Crippen molar-refractivity contribution >= 4 is 78.6 Å². The van der Waals surface area contributed by atoms with Crippen molar-refractivity contribution in [1.29, 1.82) is 0 Å². The molecule has 0 aromatic heterocycles. The van der Waals surface area contributed by atoms with Crippen molar-refractivity contribution < 1.29 is 9.42 Å². The van der Waals surface area contributed by atoms with Gasteiger partial charge in [0, 0.05) is 48.9 Å². The average Bonchev–Trinajstić information content (AvgIpc) is 2.08. The second-order valence-corrected chi connectivity index (χ2v) is 8.61. The average molecular weight is 394 g/mol. The van der Waals surface area contributed by atoms with Gasteiger partial charge in [0.15, 0.2) is 0 Å². The fourth-order valence-corrected chi connectivity index (χ4v) is 2.08. The largest absolute Gasteiger partial charge is 0.338 e. The van der Waals surface area contributed by atoms with Gasteiger partial charge in [0.25, 0.3) is 0 Å². The molecule has 0 aromatic rings. The number of hydrogen-bond acceptors (Lipinski definition) is 2. The van der Waals surface area contributed by atoms with Gasteiger partial charge in [0.1, 0.15) is 0 Å². The van der Waals surface area contributed by atoms with E-state index >= 15 is 0 Å². The smallest absolute Gasteiger partial charge is 0.241 e. The maximum Gasteiger partial charge on any atom is 0.241 e. The van der Waals surface area contributed by atoms with E-state index in [2.05, 4.69) is 31.0 Å². The molecule has 0 saturated carbocycles. The van der Waals surface area contributed by atoms with Crippen LogP contribution >= 0.6 is 17.9 Å². The van der Waals surface area contributed by atoms with Gasteiger partial charge < -0.3 is 9.42 Å². The number of hydrogen-bond donors (Lipinski definition) is 2. The molecule has 0 rings (SSSR count). The summed E-state index contributed by atoms with van der Waals surface area (Å²) in [4.78, 5) is 9.06. The van der Waals surface area contributed by atoms with Gasteiger partial charge >= 0.3 is 0 Å². The third kappa shape index (κ3) is 19.0. The number of rotatable bonds is 9. The molecule has 0 amide bonds. The molecule has 88 valence electrons. The molecule has 1 unspecified atom stereocenters. The molecule has 0 saturated heterocycles. The van der Waals surface area contributed by atoms with E-state index in [0.717, 1.165) is 12.8 Å². The van der Waals surface area contributed by atoms with Crippen LogP contribution in [0.1, 0.15) is 51.9 Å². The summed E-state index contributed by atoms with van der Waals surface area (Å²) < 4.78 is 5.00. The predicted molar refractivity (Wildman–Crippen MR) is 75.2 cm³/mol. The van der Waals surface area contributed by atoms with Crippen molar-refractivity contribution in [2.45, 2.75) is 51.9 Å². The maximum absolute atomic E-state index is 9.06. The molecule has 2 radical (unpaired) electrons. The molecule has 0 aliphatic rings. The molecule has 0 heterocycles. The summed E-state index contributed by atoms with van der Waals surface area (Å²) in [6.45, 7) is 2.76. The van der Waals surface area contributed by atoms with Crippen molar-refractivity contribution in [2.24, 2.45) is 0 Å². The molecule has 1 N–H and O–H groups in total. The Labute approximate surface area is 144 Å². The van der Waals surface area contributed by atoms with Crippen LogP contribution in [0.3, 0.4) is 0 Å². The fourth-order valence-electron chi connectivity index (χ4n) is 1.24. The zero-order valence-electron chi connectivity index (χ0n) is 9.52. The van der Waals surface area contributed by atoms with E-state index in [1.165, 1.54) is 32.1 Å². The maximum atomic E-state index is 9.06. The van der Waals surface area contributed by atoms with Gasteiger partial charge in [-0.15, -0.1) is 0 Å². The van der Waals surface area contributed by atoms with Crippen molar-refractivity contribution in [3.8, 4) is 0 Å². The quantitative estimate of drug-likeness (QED) is 0.272. The normalized spacial score (nSPS) is 14.3. The van der Waals surface area contributed by atoms with E-state index in [1.807, 2.05) is 0 Å². The third-order valence-electron chi connectivity index (χ3n) is 2.01.